The molecule has 2 heterocycles. The molecule has 3 rings (SSSR count). The van der Waals surface area contributed by atoms with Crippen molar-refractivity contribution in [1.29, 1.82) is 0 Å². The number of rotatable bonds is 4. The van der Waals surface area contributed by atoms with Gasteiger partial charge in [0, 0.05) is 29.9 Å². The summed E-state index contributed by atoms with van der Waals surface area (Å²) in [7, 11) is 0. The first-order chi connectivity index (χ1) is 9.63. The molecule has 0 fully saturated rings. The van der Waals surface area contributed by atoms with Crippen molar-refractivity contribution in [3.63, 3.8) is 0 Å². The van der Waals surface area contributed by atoms with E-state index in [2.05, 4.69) is 4.98 Å². The Kier molecular flexibility index (Phi) is 3.07. The molecule has 0 N–H and O–H groups in total. The van der Waals surface area contributed by atoms with Gasteiger partial charge in [-0.25, -0.2) is 9.37 Å². The summed E-state index contributed by atoms with van der Waals surface area (Å²) in [6.07, 6.45) is 3.61. The molecule has 8 heteroatoms. The lowest BCUT2D eigenvalue weighted by Gasteiger charge is -2.04. The number of nitro benzene ring substituents is 1. The van der Waals surface area contributed by atoms with Crippen molar-refractivity contribution in [3.8, 4) is 5.75 Å². The van der Waals surface area contributed by atoms with Crippen LogP contribution in [0.3, 0.4) is 0 Å². The van der Waals surface area contributed by atoms with Gasteiger partial charge in [-0.15, -0.1) is 11.3 Å². The molecule has 1 aromatic carbocycles. The van der Waals surface area contributed by atoms with E-state index in [9.17, 15) is 14.5 Å². The lowest BCUT2D eigenvalue weighted by atomic mass is 10.3. The van der Waals surface area contributed by atoms with Crippen LogP contribution >= 0.6 is 11.3 Å². The summed E-state index contributed by atoms with van der Waals surface area (Å²) in [6.45, 7) is 0.0404. The van der Waals surface area contributed by atoms with Gasteiger partial charge in [0.25, 0.3) is 0 Å². The lowest BCUT2D eigenvalue weighted by molar-refractivity contribution is -0.386. The molecule has 0 saturated carbocycles. The summed E-state index contributed by atoms with van der Waals surface area (Å²) >= 11 is 1.47. The number of hydrogen-bond acceptors (Lipinski definition) is 5. The highest BCUT2D eigenvalue weighted by Crippen LogP contribution is 2.28. The molecular weight excluding hydrogens is 285 g/mol. The van der Waals surface area contributed by atoms with E-state index in [0.717, 1.165) is 23.2 Å². The highest BCUT2D eigenvalue weighted by molar-refractivity contribution is 7.15. The molecule has 0 amide bonds. The van der Waals surface area contributed by atoms with Crippen LogP contribution in [0.2, 0.25) is 0 Å². The van der Waals surface area contributed by atoms with Gasteiger partial charge in [-0.2, -0.15) is 0 Å². The topological polar surface area (TPSA) is 69.7 Å². The predicted molar refractivity (Wildman–Crippen MR) is 70.5 cm³/mol. The molecule has 6 nitrogen and oxygen atoms in total. The fourth-order valence-corrected chi connectivity index (χ4v) is 2.47. The fraction of sp³-hybridized carbons (Fsp3) is 0.0833. The van der Waals surface area contributed by atoms with Gasteiger partial charge in [-0.05, 0) is 6.07 Å². The van der Waals surface area contributed by atoms with Gasteiger partial charge in [0.2, 0.25) is 0 Å². The van der Waals surface area contributed by atoms with Gasteiger partial charge in [0.15, 0.2) is 10.7 Å². The molecule has 0 unspecified atom stereocenters. The van der Waals surface area contributed by atoms with Crippen LogP contribution in [0.4, 0.5) is 10.1 Å². The molecule has 0 aliphatic rings. The smallest absolute Gasteiger partial charge is 0.311 e. The molecule has 0 saturated heterocycles. The quantitative estimate of drug-likeness (QED) is 0.547. The normalized spacial score (nSPS) is 10.8. The Morgan fingerprint density at radius 3 is 3.10 bits per heavy atom. The van der Waals surface area contributed by atoms with Crippen LogP contribution in [0.15, 0.2) is 36.0 Å². The molecule has 3 aromatic rings. The minimum absolute atomic E-state index is 0.0404. The molecule has 0 aliphatic heterocycles. The van der Waals surface area contributed by atoms with E-state index < -0.39 is 10.7 Å². The molecule has 0 bridgehead atoms. The van der Waals surface area contributed by atoms with E-state index >= 15 is 0 Å². The summed E-state index contributed by atoms with van der Waals surface area (Å²) in [5.74, 6) is -0.692. The first-order valence-electron chi connectivity index (χ1n) is 5.61. The molecule has 2 aromatic heterocycles. The van der Waals surface area contributed by atoms with E-state index in [0.29, 0.717) is 5.69 Å². The first kappa shape index (κ1) is 12.5. The monoisotopic (exact) mass is 293 g/mol. The molecule has 0 spiro atoms. The number of aromatic nitrogens is 2. The Hall–Kier alpha value is -2.48. The molecule has 102 valence electrons. The summed E-state index contributed by atoms with van der Waals surface area (Å²) in [5.41, 5.74) is 0.350. The number of nitro groups is 1. The SMILES string of the molecule is O=[N+]([O-])c1ccc(F)cc1OCc1cn2ccsc2n1. The largest absolute Gasteiger partial charge is 0.480 e. The van der Waals surface area contributed by atoms with Crippen LogP contribution in [0, 0.1) is 15.9 Å². The minimum Gasteiger partial charge on any atom is -0.480 e. The number of halogens is 1. The Balaban J connectivity index is 1.82. The average Bonchev–Trinajstić information content (AvgIpc) is 2.96. The van der Waals surface area contributed by atoms with Crippen molar-refractivity contribution in [2.24, 2.45) is 0 Å². The standard InChI is InChI=1S/C12H8FN3O3S/c13-8-1-2-10(16(17)18)11(5-8)19-7-9-6-15-3-4-20-12(15)14-9/h1-6H,7H2. The van der Waals surface area contributed by atoms with Crippen LogP contribution in [-0.2, 0) is 6.61 Å². The summed E-state index contributed by atoms with van der Waals surface area (Å²) in [4.78, 5) is 15.3. The number of hydrogen-bond donors (Lipinski definition) is 0. The molecule has 0 atom stereocenters. The Morgan fingerprint density at radius 2 is 2.35 bits per heavy atom. The maximum absolute atomic E-state index is 13.1. The summed E-state index contributed by atoms with van der Waals surface area (Å²) in [5, 5.41) is 12.7. The van der Waals surface area contributed by atoms with Gasteiger partial charge in [0.05, 0.1) is 10.6 Å². The maximum Gasteiger partial charge on any atom is 0.311 e. The number of ether oxygens (including phenoxy) is 1. The zero-order valence-electron chi connectivity index (χ0n) is 10.0. The van der Waals surface area contributed by atoms with Gasteiger partial charge < -0.3 is 4.74 Å². The van der Waals surface area contributed by atoms with E-state index in [1.807, 2.05) is 16.0 Å². The second-order valence-corrected chi connectivity index (χ2v) is 4.86. The van der Waals surface area contributed by atoms with Gasteiger partial charge in [-0.3, -0.25) is 14.5 Å². The number of fused-ring (bicyclic) bond motifs is 1. The highest BCUT2D eigenvalue weighted by Gasteiger charge is 2.16. The minimum atomic E-state index is -0.611. The number of nitrogens with zero attached hydrogens (tertiary/aromatic N) is 3. The zero-order valence-corrected chi connectivity index (χ0v) is 10.8. The second-order valence-electron chi connectivity index (χ2n) is 3.98. The first-order valence-corrected chi connectivity index (χ1v) is 6.49. The lowest BCUT2D eigenvalue weighted by Crippen LogP contribution is -2.00. The van der Waals surface area contributed by atoms with Crippen LogP contribution in [-0.4, -0.2) is 14.3 Å². The van der Waals surface area contributed by atoms with Crippen molar-refractivity contribution in [3.05, 3.63) is 57.6 Å². The zero-order chi connectivity index (χ0) is 14.1. The molecule has 0 aliphatic carbocycles. The third-order valence-corrected chi connectivity index (χ3v) is 3.41. The number of thiazole rings is 1. The van der Waals surface area contributed by atoms with E-state index in [4.69, 9.17) is 4.74 Å². The van der Waals surface area contributed by atoms with Crippen LogP contribution in [0.25, 0.3) is 4.96 Å². The summed E-state index contributed by atoms with van der Waals surface area (Å²) < 4.78 is 20.3. The predicted octanol–water partition coefficient (Wildman–Crippen LogP) is 3.02. The van der Waals surface area contributed by atoms with E-state index in [1.165, 1.54) is 11.3 Å². The molecule has 20 heavy (non-hydrogen) atoms. The average molecular weight is 293 g/mol. The second kappa shape index (κ2) is 4.89. The fourth-order valence-electron chi connectivity index (χ4n) is 1.75. The molecular formula is C12H8FN3O3S. The van der Waals surface area contributed by atoms with Gasteiger partial charge in [-0.1, -0.05) is 0 Å². The van der Waals surface area contributed by atoms with Crippen molar-refractivity contribution in [1.82, 2.24) is 9.38 Å². The third-order valence-electron chi connectivity index (χ3n) is 2.64. The highest BCUT2D eigenvalue weighted by atomic mass is 32.1. The number of benzene rings is 1. The Morgan fingerprint density at radius 1 is 1.50 bits per heavy atom. The summed E-state index contributed by atoms with van der Waals surface area (Å²) in [6, 6.07) is 3.10. The van der Waals surface area contributed by atoms with E-state index in [-0.39, 0.29) is 18.0 Å². The molecule has 0 radical (unpaired) electrons. The van der Waals surface area contributed by atoms with Crippen molar-refractivity contribution >= 4 is 22.0 Å². The van der Waals surface area contributed by atoms with Crippen molar-refractivity contribution < 1.29 is 14.1 Å². The van der Waals surface area contributed by atoms with Gasteiger partial charge >= 0.3 is 5.69 Å². The Labute approximate surface area is 116 Å². The van der Waals surface area contributed by atoms with E-state index in [1.54, 1.807) is 6.20 Å². The van der Waals surface area contributed by atoms with Crippen molar-refractivity contribution in [2.75, 3.05) is 0 Å². The van der Waals surface area contributed by atoms with Gasteiger partial charge in [0.1, 0.15) is 12.4 Å². The van der Waals surface area contributed by atoms with Crippen LogP contribution in [0.1, 0.15) is 5.69 Å². The Bertz CT molecular complexity index is 755. The van der Waals surface area contributed by atoms with Crippen LogP contribution < -0.4 is 4.74 Å². The van der Waals surface area contributed by atoms with Crippen LogP contribution in [0.5, 0.6) is 5.75 Å². The number of imidazole rings is 1. The van der Waals surface area contributed by atoms with Crippen molar-refractivity contribution in [2.45, 2.75) is 6.61 Å². The third kappa shape index (κ3) is 2.32. The maximum atomic E-state index is 13.1.